The minimum Gasteiger partial charge on any atom is -0.478 e. The quantitative estimate of drug-likeness (QED) is 0.700. The number of anilines is 1. The number of benzene rings is 1. The van der Waals surface area contributed by atoms with E-state index < -0.39 is 5.97 Å². The summed E-state index contributed by atoms with van der Waals surface area (Å²) in [7, 11) is 0. The summed E-state index contributed by atoms with van der Waals surface area (Å²) in [5.41, 5.74) is 3.25. The number of amides is 1. The van der Waals surface area contributed by atoms with Crippen molar-refractivity contribution >= 4 is 23.3 Å². The average Bonchev–Trinajstić information content (AvgIpc) is 3.35. The van der Waals surface area contributed by atoms with E-state index >= 15 is 0 Å². The van der Waals surface area contributed by atoms with Crippen molar-refractivity contribution in [3.8, 4) is 0 Å². The third-order valence-corrected chi connectivity index (χ3v) is 6.88. The number of carbonyl (C=O) groups is 2. The molecule has 1 amide bonds. The zero-order chi connectivity index (χ0) is 24.0. The molecule has 1 saturated heterocycles. The zero-order valence-electron chi connectivity index (χ0n) is 20.0. The molecule has 2 aliphatic heterocycles. The fourth-order valence-corrected chi connectivity index (χ4v) is 5.08. The van der Waals surface area contributed by atoms with Crippen molar-refractivity contribution < 1.29 is 14.7 Å². The number of carbonyl (C=O) groups excluding carboxylic acids is 1. The summed E-state index contributed by atoms with van der Waals surface area (Å²) in [4.78, 5) is 27.0. The molecular formula is C25H32N6O3. The van der Waals surface area contributed by atoms with Crippen LogP contribution in [0.2, 0.25) is 0 Å². The van der Waals surface area contributed by atoms with Gasteiger partial charge in [0.1, 0.15) is 5.69 Å². The van der Waals surface area contributed by atoms with Gasteiger partial charge in [0.05, 0.1) is 35.7 Å². The Hall–Kier alpha value is -3.36. The topological polar surface area (TPSA) is 106 Å². The number of aromatic nitrogens is 3. The van der Waals surface area contributed by atoms with Crippen LogP contribution < -0.4 is 5.01 Å². The van der Waals surface area contributed by atoms with Gasteiger partial charge in [-0.15, -0.1) is 5.10 Å². The number of hydrazine groups is 1. The molecule has 1 aromatic heterocycles. The van der Waals surface area contributed by atoms with Crippen LogP contribution in [-0.4, -0.2) is 68.0 Å². The largest absolute Gasteiger partial charge is 0.478 e. The van der Waals surface area contributed by atoms with Gasteiger partial charge >= 0.3 is 5.97 Å². The Morgan fingerprint density at radius 1 is 1.18 bits per heavy atom. The fourth-order valence-electron chi connectivity index (χ4n) is 5.08. The van der Waals surface area contributed by atoms with Crippen LogP contribution in [0.4, 0.5) is 5.69 Å². The Balaban J connectivity index is 1.43. The number of piperidine rings is 1. The van der Waals surface area contributed by atoms with Gasteiger partial charge in [-0.25, -0.2) is 4.79 Å². The van der Waals surface area contributed by atoms with Crippen molar-refractivity contribution in [1.82, 2.24) is 25.3 Å². The number of nitrogens with one attached hydrogen (secondary N) is 1. The Morgan fingerprint density at radius 2 is 1.97 bits per heavy atom. The van der Waals surface area contributed by atoms with E-state index in [0.717, 1.165) is 37.9 Å². The highest BCUT2D eigenvalue weighted by molar-refractivity contribution is 5.98. The molecule has 9 nitrogen and oxygen atoms in total. The Morgan fingerprint density at radius 3 is 2.62 bits per heavy atom. The molecule has 2 fully saturated rings. The lowest BCUT2D eigenvalue weighted by atomic mass is 9.87. The number of hydrogen-bond acceptors (Lipinski definition) is 6. The summed E-state index contributed by atoms with van der Waals surface area (Å²) >= 11 is 0. The van der Waals surface area contributed by atoms with Crippen molar-refractivity contribution in [3.63, 3.8) is 0 Å². The van der Waals surface area contributed by atoms with Crippen molar-refractivity contribution in [3.05, 3.63) is 47.3 Å². The third kappa shape index (κ3) is 4.15. The van der Waals surface area contributed by atoms with Gasteiger partial charge in [-0.05, 0) is 43.4 Å². The Bertz CT molecular complexity index is 1120. The maximum atomic E-state index is 12.9. The monoisotopic (exact) mass is 464 g/mol. The fraction of sp³-hybridized carbons (Fsp3) is 0.520. The molecule has 1 saturated carbocycles. The predicted octanol–water partition coefficient (Wildman–Crippen LogP) is 3.25. The number of rotatable bonds is 5. The van der Waals surface area contributed by atoms with E-state index in [9.17, 15) is 14.7 Å². The minimum absolute atomic E-state index is 0.195. The van der Waals surface area contributed by atoms with E-state index in [1.807, 2.05) is 37.8 Å². The number of carboxylic acids is 1. The molecule has 0 spiro atoms. The second-order valence-electron chi connectivity index (χ2n) is 10.6. The summed E-state index contributed by atoms with van der Waals surface area (Å²) in [5.74, 6) is -0.481. The second-order valence-corrected chi connectivity index (χ2v) is 10.6. The highest BCUT2D eigenvalue weighted by Gasteiger charge is 2.43. The van der Waals surface area contributed by atoms with Gasteiger partial charge in [0.15, 0.2) is 0 Å². The first kappa shape index (κ1) is 22.4. The van der Waals surface area contributed by atoms with E-state index in [-0.39, 0.29) is 29.8 Å². The van der Waals surface area contributed by atoms with E-state index in [1.54, 1.807) is 6.20 Å². The normalized spacial score (nSPS) is 21.4. The van der Waals surface area contributed by atoms with Crippen molar-refractivity contribution in [1.29, 1.82) is 0 Å². The number of hydrogen-bond donors (Lipinski definition) is 2. The summed E-state index contributed by atoms with van der Waals surface area (Å²) in [5, 5.41) is 24.8. The molecule has 1 atom stereocenters. The van der Waals surface area contributed by atoms with Gasteiger partial charge in [-0.3, -0.25) is 19.9 Å². The summed E-state index contributed by atoms with van der Waals surface area (Å²) in [6.45, 7) is 7.71. The molecular weight excluding hydrogens is 432 g/mol. The number of aliphatic carboxylic acids is 1. The number of likely N-dealkylation sites (tertiary alicyclic amines) is 1. The Labute approximate surface area is 199 Å². The molecule has 3 aliphatic rings. The number of H-pyrrole nitrogens is 1. The van der Waals surface area contributed by atoms with E-state index in [1.165, 1.54) is 5.56 Å². The van der Waals surface area contributed by atoms with Gasteiger partial charge in [-0.1, -0.05) is 38.1 Å². The van der Waals surface area contributed by atoms with Crippen molar-refractivity contribution in [2.75, 3.05) is 24.6 Å². The van der Waals surface area contributed by atoms with Crippen LogP contribution in [0.3, 0.4) is 0 Å². The summed E-state index contributed by atoms with van der Waals surface area (Å²) < 4.78 is 0. The van der Waals surface area contributed by atoms with Crippen molar-refractivity contribution in [2.24, 2.45) is 5.41 Å². The third-order valence-electron chi connectivity index (χ3n) is 6.88. The lowest BCUT2D eigenvalue weighted by Gasteiger charge is -2.37. The van der Waals surface area contributed by atoms with E-state index in [4.69, 9.17) is 0 Å². The molecule has 2 N–H and O–H groups in total. The first-order valence-corrected chi connectivity index (χ1v) is 12.0. The van der Waals surface area contributed by atoms with Gasteiger partial charge in [0.2, 0.25) is 5.91 Å². The van der Waals surface area contributed by atoms with Gasteiger partial charge in [0, 0.05) is 24.4 Å². The standard InChI is InChI=1S/C25H32N6O3/c1-25(2,3)24(34)29-11-5-7-17(14-29)16-6-4-8-19(12-16)30-15-20(23(32)33)22(21-13-26-28-27-21)31(30)18-9-10-18/h4,6,8,12-13,17-18H,5,7,9-11,14-15H2,1-3H3,(H,32,33)(H,26,27,28). The molecule has 5 rings (SSSR count). The minimum atomic E-state index is -0.939. The summed E-state index contributed by atoms with van der Waals surface area (Å²) in [6.07, 6.45) is 5.69. The lowest BCUT2D eigenvalue weighted by Crippen LogP contribution is -2.44. The van der Waals surface area contributed by atoms with Crippen LogP contribution in [0.5, 0.6) is 0 Å². The van der Waals surface area contributed by atoms with Crippen LogP contribution in [-0.2, 0) is 9.59 Å². The maximum absolute atomic E-state index is 12.9. The summed E-state index contributed by atoms with van der Waals surface area (Å²) in [6, 6.07) is 8.61. The maximum Gasteiger partial charge on any atom is 0.335 e. The smallest absolute Gasteiger partial charge is 0.335 e. The number of aromatic amines is 1. The first-order valence-electron chi connectivity index (χ1n) is 12.0. The molecule has 1 aliphatic carbocycles. The lowest BCUT2D eigenvalue weighted by molar-refractivity contribution is -0.140. The van der Waals surface area contributed by atoms with Gasteiger partial charge < -0.3 is 10.0 Å². The molecule has 0 radical (unpaired) electrons. The van der Waals surface area contributed by atoms with Crippen LogP contribution >= 0.6 is 0 Å². The molecule has 180 valence electrons. The number of nitrogens with zero attached hydrogens (tertiary/aromatic N) is 5. The molecule has 0 bridgehead atoms. The van der Waals surface area contributed by atoms with Crippen LogP contribution in [0, 0.1) is 5.41 Å². The van der Waals surface area contributed by atoms with E-state index in [2.05, 4.69) is 37.6 Å². The van der Waals surface area contributed by atoms with Gasteiger partial charge in [0.25, 0.3) is 0 Å². The molecule has 34 heavy (non-hydrogen) atoms. The molecule has 2 aromatic rings. The average molecular weight is 465 g/mol. The highest BCUT2D eigenvalue weighted by atomic mass is 16.4. The SMILES string of the molecule is CC(C)(C)C(=O)N1CCCC(c2cccc(N3CC(C(=O)O)=C(c4c[nH]nn4)N3C3CC3)c2)C1. The second kappa shape index (κ2) is 8.45. The highest BCUT2D eigenvalue weighted by Crippen LogP contribution is 2.43. The zero-order valence-corrected chi connectivity index (χ0v) is 20.0. The molecule has 9 heteroatoms. The molecule has 1 aromatic carbocycles. The molecule has 3 heterocycles. The van der Waals surface area contributed by atoms with Crippen LogP contribution in [0.1, 0.15) is 63.6 Å². The Kier molecular flexibility index (Phi) is 5.58. The van der Waals surface area contributed by atoms with Crippen molar-refractivity contribution in [2.45, 2.75) is 58.4 Å². The predicted molar refractivity (Wildman–Crippen MR) is 128 cm³/mol. The van der Waals surface area contributed by atoms with E-state index in [0.29, 0.717) is 23.5 Å². The first-order chi connectivity index (χ1) is 16.2. The number of carboxylic acid groups (broad SMARTS) is 1. The molecule has 1 unspecified atom stereocenters. The van der Waals surface area contributed by atoms with Gasteiger partial charge in [-0.2, -0.15) is 0 Å². The van der Waals surface area contributed by atoms with Crippen LogP contribution in [0.15, 0.2) is 36.0 Å². The van der Waals surface area contributed by atoms with Crippen LogP contribution in [0.25, 0.3) is 5.70 Å².